The number of nitrogens with one attached hydrogen (secondary N) is 1. The molecule has 0 aliphatic rings. The van der Waals surface area contributed by atoms with Crippen molar-refractivity contribution in [2.75, 3.05) is 7.11 Å². The molecule has 5 nitrogen and oxygen atoms in total. The Morgan fingerprint density at radius 2 is 2.21 bits per heavy atom. The number of rotatable bonds is 6. The van der Waals surface area contributed by atoms with Crippen LogP contribution in [0.1, 0.15) is 0 Å². The van der Waals surface area contributed by atoms with Crippen molar-refractivity contribution in [3.63, 3.8) is 0 Å². The van der Waals surface area contributed by atoms with E-state index in [2.05, 4.69) is 23.0 Å². The van der Waals surface area contributed by atoms with Gasteiger partial charge in [-0.25, -0.2) is 8.42 Å². The number of ether oxygens (including phenoxy) is 1. The SMILES string of the molecule is C=C/C(=C\N=C)NS(=O)(=O)c1ccc(Cl)cc1OC. The van der Waals surface area contributed by atoms with Crippen LogP contribution in [0.15, 0.2) is 52.6 Å². The molecule has 0 spiro atoms. The number of nitrogens with zero attached hydrogens (tertiary/aromatic N) is 1. The zero-order valence-corrected chi connectivity index (χ0v) is 11.8. The van der Waals surface area contributed by atoms with Crippen molar-refractivity contribution in [1.82, 2.24) is 4.72 Å². The van der Waals surface area contributed by atoms with Crippen LogP contribution in [-0.4, -0.2) is 22.2 Å². The molecule has 1 aromatic carbocycles. The maximum Gasteiger partial charge on any atom is 0.265 e. The summed E-state index contributed by atoms with van der Waals surface area (Å²) in [6, 6.07) is 4.23. The summed E-state index contributed by atoms with van der Waals surface area (Å²) in [5.74, 6) is 0.148. The second-order valence-corrected chi connectivity index (χ2v) is 5.46. The van der Waals surface area contributed by atoms with Crippen LogP contribution in [0.3, 0.4) is 0 Å². The Hall–Kier alpha value is -1.79. The molecule has 19 heavy (non-hydrogen) atoms. The van der Waals surface area contributed by atoms with E-state index in [1.54, 1.807) is 0 Å². The molecule has 1 rings (SSSR count). The molecule has 0 saturated heterocycles. The third-order valence-electron chi connectivity index (χ3n) is 2.12. The van der Waals surface area contributed by atoms with Crippen LogP contribution in [0.5, 0.6) is 5.75 Å². The lowest BCUT2D eigenvalue weighted by Crippen LogP contribution is -2.22. The average Bonchev–Trinajstić information content (AvgIpc) is 2.37. The molecule has 1 N–H and O–H groups in total. The summed E-state index contributed by atoms with van der Waals surface area (Å²) in [5, 5.41) is 0.378. The highest BCUT2D eigenvalue weighted by atomic mass is 35.5. The van der Waals surface area contributed by atoms with Gasteiger partial charge in [0, 0.05) is 11.1 Å². The average molecular weight is 301 g/mol. The second-order valence-electron chi connectivity index (χ2n) is 3.37. The zero-order valence-electron chi connectivity index (χ0n) is 10.3. The van der Waals surface area contributed by atoms with E-state index in [0.29, 0.717) is 5.02 Å². The van der Waals surface area contributed by atoms with Crippen molar-refractivity contribution in [2.45, 2.75) is 4.90 Å². The summed E-state index contributed by atoms with van der Waals surface area (Å²) < 4.78 is 31.7. The normalized spacial score (nSPS) is 11.8. The van der Waals surface area contributed by atoms with Gasteiger partial charge in [0.05, 0.1) is 19.0 Å². The molecule has 0 amide bonds. The van der Waals surface area contributed by atoms with E-state index in [1.165, 1.54) is 37.6 Å². The zero-order chi connectivity index (χ0) is 14.5. The van der Waals surface area contributed by atoms with Crippen molar-refractivity contribution in [3.05, 3.63) is 47.8 Å². The lowest BCUT2D eigenvalue weighted by Gasteiger charge is -2.11. The first kappa shape index (κ1) is 15.3. The Balaban J connectivity index is 3.24. The molecule has 7 heteroatoms. The summed E-state index contributed by atoms with van der Waals surface area (Å²) in [4.78, 5) is 3.45. The number of aliphatic imine (C=N–C) groups is 1. The van der Waals surface area contributed by atoms with Gasteiger partial charge in [0.25, 0.3) is 10.0 Å². The minimum Gasteiger partial charge on any atom is -0.495 e. The first-order valence-electron chi connectivity index (χ1n) is 5.09. The Labute approximate surface area is 117 Å². The number of halogens is 1. The van der Waals surface area contributed by atoms with Gasteiger partial charge in [-0.15, -0.1) is 0 Å². The van der Waals surface area contributed by atoms with Gasteiger partial charge >= 0.3 is 0 Å². The van der Waals surface area contributed by atoms with Gasteiger partial charge in [0.2, 0.25) is 0 Å². The van der Waals surface area contributed by atoms with Crippen molar-refractivity contribution < 1.29 is 13.2 Å². The van der Waals surface area contributed by atoms with Gasteiger partial charge in [0.15, 0.2) is 0 Å². The van der Waals surface area contributed by atoms with E-state index in [-0.39, 0.29) is 16.3 Å². The summed E-state index contributed by atoms with van der Waals surface area (Å²) in [6.45, 7) is 6.72. The summed E-state index contributed by atoms with van der Waals surface area (Å²) in [6.07, 6.45) is 2.56. The Kier molecular flexibility index (Phi) is 5.14. The molecular formula is C12H13ClN2O3S. The lowest BCUT2D eigenvalue weighted by molar-refractivity contribution is 0.402. The standard InChI is InChI=1S/C12H13ClN2O3S/c1-4-10(8-14-2)15-19(16,17)12-6-5-9(13)7-11(12)18-3/h4-8,15H,1-2H2,3H3/b10-8+. The topological polar surface area (TPSA) is 67.8 Å². The molecule has 0 fully saturated rings. The third-order valence-corrected chi connectivity index (χ3v) is 3.77. The molecule has 0 radical (unpaired) electrons. The Morgan fingerprint density at radius 1 is 1.53 bits per heavy atom. The monoisotopic (exact) mass is 300 g/mol. The highest BCUT2D eigenvalue weighted by Crippen LogP contribution is 2.27. The number of sulfonamides is 1. The predicted molar refractivity (Wildman–Crippen MR) is 76.2 cm³/mol. The van der Waals surface area contributed by atoms with Gasteiger partial charge < -0.3 is 4.74 Å². The first-order chi connectivity index (χ1) is 8.94. The highest BCUT2D eigenvalue weighted by molar-refractivity contribution is 7.89. The minimum atomic E-state index is -3.81. The van der Waals surface area contributed by atoms with E-state index in [0.717, 1.165) is 0 Å². The second kappa shape index (κ2) is 6.40. The smallest absolute Gasteiger partial charge is 0.265 e. The van der Waals surface area contributed by atoms with Crippen molar-refractivity contribution in [3.8, 4) is 5.75 Å². The maximum atomic E-state index is 12.2. The molecule has 0 heterocycles. The van der Waals surface area contributed by atoms with Crippen LogP contribution in [0.4, 0.5) is 0 Å². The van der Waals surface area contributed by atoms with E-state index in [9.17, 15) is 8.42 Å². The Morgan fingerprint density at radius 3 is 2.74 bits per heavy atom. The number of allylic oxidation sites excluding steroid dienone is 1. The molecule has 0 aliphatic carbocycles. The van der Waals surface area contributed by atoms with Gasteiger partial charge in [-0.1, -0.05) is 18.2 Å². The molecule has 0 aromatic heterocycles. The van der Waals surface area contributed by atoms with Crippen molar-refractivity contribution >= 4 is 28.3 Å². The molecule has 0 unspecified atom stereocenters. The van der Waals surface area contributed by atoms with Crippen LogP contribution in [0, 0.1) is 0 Å². The molecule has 102 valence electrons. The number of hydrogen-bond donors (Lipinski definition) is 1. The molecule has 0 bridgehead atoms. The predicted octanol–water partition coefficient (Wildman–Crippen LogP) is 2.35. The largest absolute Gasteiger partial charge is 0.495 e. The van der Waals surface area contributed by atoms with Gasteiger partial charge in [-0.05, 0) is 24.9 Å². The van der Waals surface area contributed by atoms with E-state index in [1.807, 2.05) is 0 Å². The number of benzene rings is 1. The summed E-state index contributed by atoms with van der Waals surface area (Å²) in [7, 11) is -2.45. The van der Waals surface area contributed by atoms with Gasteiger partial charge in [0.1, 0.15) is 10.6 Å². The quantitative estimate of drug-likeness (QED) is 0.648. The fourth-order valence-electron chi connectivity index (χ4n) is 1.29. The van der Waals surface area contributed by atoms with Crippen LogP contribution in [0.2, 0.25) is 5.02 Å². The number of hydrogen-bond acceptors (Lipinski definition) is 4. The summed E-state index contributed by atoms with van der Waals surface area (Å²) in [5.41, 5.74) is 0.201. The van der Waals surface area contributed by atoms with Gasteiger partial charge in [-0.2, -0.15) is 0 Å². The minimum absolute atomic E-state index is 0.0313. The maximum absolute atomic E-state index is 12.2. The van der Waals surface area contributed by atoms with Crippen LogP contribution >= 0.6 is 11.6 Å². The summed E-state index contributed by atoms with van der Waals surface area (Å²) >= 11 is 5.78. The van der Waals surface area contributed by atoms with Gasteiger partial charge in [-0.3, -0.25) is 9.71 Å². The van der Waals surface area contributed by atoms with E-state index in [4.69, 9.17) is 16.3 Å². The van der Waals surface area contributed by atoms with Crippen molar-refractivity contribution in [2.24, 2.45) is 4.99 Å². The van der Waals surface area contributed by atoms with Crippen LogP contribution in [-0.2, 0) is 10.0 Å². The molecular weight excluding hydrogens is 288 g/mol. The molecule has 1 aromatic rings. The fraction of sp³-hybridized carbons (Fsp3) is 0.0833. The molecule has 0 atom stereocenters. The fourth-order valence-corrected chi connectivity index (χ4v) is 2.67. The first-order valence-corrected chi connectivity index (χ1v) is 6.95. The Bertz CT molecular complexity index is 624. The van der Waals surface area contributed by atoms with Crippen molar-refractivity contribution in [1.29, 1.82) is 0 Å². The lowest BCUT2D eigenvalue weighted by atomic mass is 10.3. The van der Waals surface area contributed by atoms with Crippen LogP contribution in [0.25, 0.3) is 0 Å². The van der Waals surface area contributed by atoms with E-state index >= 15 is 0 Å². The highest BCUT2D eigenvalue weighted by Gasteiger charge is 2.20. The molecule has 0 aliphatic heterocycles. The third kappa shape index (κ3) is 3.84. The van der Waals surface area contributed by atoms with E-state index < -0.39 is 10.0 Å². The van der Waals surface area contributed by atoms with Crippen LogP contribution < -0.4 is 9.46 Å². The molecule has 0 saturated carbocycles. The number of methoxy groups -OCH3 is 1.